The van der Waals surface area contributed by atoms with Gasteiger partial charge in [0.25, 0.3) is 0 Å². The third kappa shape index (κ3) is 4.45. The van der Waals surface area contributed by atoms with Crippen LogP contribution < -0.4 is 0 Å². The molecule has 0 spiro atoms. The van der Waals surface area contributed by atoms with E-state index in [2.05, 4.69) is 27.8 Å². The zero-order valence-electron chi connectivity index (χ0n) is 13.1. The maximum Gasteiger partial charge on any atom is 0.208 e. The van der Waals surface area contributed by atoms with E-state index >= 15 is 0 Å². The Bertz CT molecular complexity index is 667. The van der Waals surface area contributed by atoms with E-state index in [0.717, 1.165) is 0 Å². The van der Waals surface area contributed by atoms with Gasteiger partial charge in [-0.3, -0.25) is 4.57 Å². The number of nitrogens with one attached hydrogen (secondary N) is 1. The molecular weight excluding hydrogens is 500 g/mol. The Morgan fingerprint density at radius 3 is 2.58 bits per heavy atom. The van der Waals surface area contributed by atoms with Crippen LogP contribution in [0.2, 0.25) is 0 Å². The van der Waals surface area contributed by atoms with Crippen molar-refractivity contribution in [2.45, 2.75) is 38.8 Å². The number of nitrogens with zero attached hydrogens (tertiary/aromatic N) is 4. The fourth-order valence-corrected chi connectivity index (χ4v) is 2.14. The molecular formula is C14H18F2IrN5O2-. The van der Waals surface area contributed by atoms with Gasteiger partial charge in [0.2, 0.25) is 6.08 Å². The Labute approximate surface area is 152 Å². The maximum atomic E-state index is 13.8. The van der Waals surface area contributed by atoms with E-state index in [1.165, 1.54) is 10.9 Å². The third-order valence-electron chi connectivity index (χ3n) is 3.00. The zero-order chi connectivity index (χ0) is 17.6. The maximum absolute atomic E-state index is 13.8. The number of hydrogen-bond donors (Lipinski definition) is 1. The van der Waals surface area contributed by atoms with Gasteiger partial charge in [0.1, 0.15) is 11.7 Å². The normalized spacial score (nSPS) is 21.9. The van der Waals surface area contributed by atoms with Gasteiger partial charge in [-0.25, -0.2) is 14.4 Å². The average Bonchev–Trinajstić information content (AvgIpc) is 3.14. The molecule has 2 N–H and O–H groups in total. The predicted molar refractivity (Wildman–Crippen MR) is 81.0 cm³/mol. The van der Waals surface area contributed by atoms with Crippen molar-refractivity contribution in [3.05, 3.63) is 18.1 Å². The molecule has 0 amide bonds. The molecule has 1 saturated heterocycles. The number of aromatic nitrogens is 4. The van der Waals surface area contributed by atoms with Gasteiger partial charge < -0.3 is 20.6 Å². The molecule has 1 aliphatic heterocycles. The summed E-state index contributed by atoms with van der Waals surface area (Å²) in [7, 11) is 0. The SMILES string of the molecule is C#C.CC.[Ir].[NH-]c1nc(F)nc2c1ncn2C1OC(CO)CC1F. The molecule has 3 heterocycles. The van der Waals surface area contributed by atoms with Gasteiger partial charge in [0, 0.05) is 26.5 Å². The zero-order valence-corrected chi connectivity index (χ0v) is 15.5. The van der Waals surface area contributed by atoms with Gasteiger partial charge >= 0.3 is 0 Å². The second-order valence-electron chi connectivity index (χ2n) is 4.25. The number of ether oxygens (including phenoxy) is 1. The number of imidazole rings is 1. The fourth-order valence-electron chi connectivity index (χ4n) is 2.14. The Balaban J connectivity index is 0.000000987. The molecule has 1 fully saturated rings. The Kier molecular flexibility index (Phi) is 9.55. The molecule has 24 heavy (non-hydrogen) atoms. The minimum atomic E-state index is -1.36. The van der Waals surface area contributed by atoms with Crippen LogP contribution in [0.15, 0.2) is 6.33 Å². The van der Waals surface area contributed by atoms with Crippen LogP contribution in [0.3, 0.4) is 0 Å². The molecule has 135 valence electrons. The van der Waals surface area contributed by atoms with Gasteiger partial charge in [-0.05, 0) is 5.82 Å². The first-order valence-electron chi connectivity index (χ1n) is 6.95. The molecule has 7 nitrogen and oxygen atoms in total. The minimum Gasteiger partial charge on any atom is -0.480 e. The van der Waals surface area contributed by atoms with Crippen molar-refractivity contribution in [2.75, 3.05) is 6.61 Å². The van der Waals surface area contributed by atoms with Gasteiger partial charge in [0.15, 0.2) is 11.9 Å². The molecule has 1 radical (unpaired) electrons. The largest absolute Gasteiger partial charge is 0.480 e. The van der Waals surface area contributed by atoms with Gasteiger partial charge in [-0.1, -0.05) is 13.8 Å². The second-order valence-corrected chi connectivity index (χ2v) is 4.25. The summed E-state index contributed by atoms with van der Waals surface area (Å²) in [6.45, 7) is 3.70. The molecule has 10 heteroatoms. The van der Waals surface area contributed by atoms with Gasteiger partial charge in [-0.15, -0.1) is 12.8 Å². The summed E-state index contributed by atoms with van der Waals surface area (Å²) in [6.07, 6.45) is 5.19. The number of alkyl halides is 1. The topological polar surface area (TPSA) is 96.9 Å². The molecule has 0 aliphatic carbocycles. The van der Waals surface area contributed by atoms with Crippen LogP contribution >= 0.6 is 0 Å². The molecule has 0 aromatic carbocycles. The van der Waals surface area contributed by atoms with E-state index in [-0.39, 0.29) is 50.1 Å². The van der Waals surface area contributed by atoms with Crippen molar-refractivity contribution in [3.8, 4) is 12.8 Å². The van der Waals surface area contributed by atoms with Crippen LogP contribution in [0, 0.1) is 18.9 Å². The van der Waals surface area contributed by atoms with Crippen LogP contribution in [-0.2, 0) is 24.8 Å². The van der Waals surface area contributed by atoms with Crippen LogP contribution in [-0.4, -0.2) is 43.5 Å². The van der Waals surface area contributed by atoms with Crippen LogP contribution in [0.5, 0.6) is 0 Å². The molecule has 3 atom stereocenters. The number of aliphatic hydroxyl groups is 1. The Hall–Kier alpha value is -1.66. The number of hydrogen-bond acceptors (Lipinski definition) is 5. The van der Waals surface area contributed by atoms with Crippen molar-refractivity contribution in [1.29, 1.82) is 0 Å². The van der Waals surface area contributed by atoms with Crippen molar-refractivity contribution in [2.24, 2.45) is 0 Å². The molecule has 3 rings (SSSR count). The summed E-state index contributed by atoms with van der Waals surface area (Å²) in [4.78, 5) is 10.6. The summed E-state index contributed by atoms with van der Waals surface area (Å²) in [6, 6.07) is 0. The molecule has 3 unspecified atom stereocenters. The average molecular weight is 519 g/mol. The summed E-state index contributed by atoms with van der Waals surface area (Å²) in [5.41, 5.74) is 7.55. The van der Waals surface area contributed by atoms with Crippen molar-refractivity contribution >= 4 is 17.0 Å². The van der Waals surface area contributed by atoms with E-state index in [9.17, 15) is 8.78 Å². The first-order chi connectivity index (χ1) is 11.1. The van der Waals surface area contributed by atoms with Gasteiger partial charge in [0.05, 0.1) is 19.0 Å². The standard InChI is InChI=1S/C10H10F2N5O2.C2H6.C2H2.Ir/c11-5-1-4(2-18)19-9(5)17-3-14-6-7(13)15-10(12)16-8(6)17;2*1-2;/h3-5,9,18H,1-2H2,(H-,13,15,16);1-2H3;1-2H;/q-1;;;. The molecule has 0 bridgehead atoms. The van der Waals surface area contributed by atoms with Crippen molar-refractivity contribution in [3.63, 3.8) is 0 Å². The number of aliphatic hydroxyl groups excluding tert-OH is 1. The summed E-state index contributed by atoms with van der Waals surface area (Å²) < 4.78 is 33.5. The smallest absolute Gasteiger partial charge is 0.208 e. The third-order valence-corrected chi connectivity index (χ3v) is 3.00. The van der Waals surface area contributed by atoms with E-state index in [4.69, 9.17) is 15.6 Å². The number of fused-ring (bicyclic) bond motifs is 1. The first kappa shape index (κ1) is 22.3. The molecule has 2 aromatic rings. The quantitative estimate of drug-likeness (QED) is 0.487. The van der Waals surface area contributed by atoms with Gasteiger partial charge in [-0.2, -0.15) is 4.39 Å². The molecule has 1 aliphatic rings. The van der Waals surface area contributed by atoms with E-state index in [0.29, 0.717) is 0 Å². The number of rotatable bonds is 2. The fraction of sp³-hybridized carbons (Fsp3) is 0.500. The van der Waals surface area contributed by atoms with Crippen LogP contribution in [0.1, 0.15) is 26.5 Å². The van der Waals surface area contributed by atoms with Crippen LogP contribution in [0.4, 0.5) is 14.6 Å². The first-order valence-corrected chi connectivity index (χ1v) is 6.95. The summed E-state index contributed by atoms with van der Waals surface area (Å²) in [5, 5.41) is 8.97. The number of halogens is 2. The Morgan fingerprint density at radius 2 is 2.04 bits per heavy atom. The monoisotopic (exact) mass is 519 g/mol. The van der Waals surface area contributed by atoms with Crippen molar-refractivity contribution < 1.29 is 38.7 Å². The van der Waals surface area contributed by atoms with E-state index < -0.39 is 24.6 Å². The minimum absolute atomic E-state index is 0. The van der Waals surface area contributed by atoms with Crippen LogP contribution in [0.25, 0.3) is 16.9 Å². The summed E-state index contributed by atoms with van der Waals surface area (Å²) >= 11 is 0. The molecule has 2 aromatic heterocycles. The second kappa shape index (κ2) is 10.3. The van der Waals surface area contributed by atoms with E-state index in [1.54, 1.807) is 0 Å². The number of terminal acetylenes is 1. The van der Waals surface area contributed by atoms with Crippen molar-refractivity contribution in [1.82, 2.24) is 19.5 Å². The molecule has 0 saturated carbocycles. The Morgan fingerprint density at radius 1 is 1.42 bits per heavy atom. The summed E-state index contributed by atoms with van der Waals surface area (Å²) in [5.74, 6) is -0.367. The predicted octanol–water partition coefficient (Wildman–Crippen LogP) is 2.54. The van der Waals surface area contributed by atoms with E-state index in [1.807, 2.05) is 13.8 Å².